The van der Waals surface area contributed by atoms with Crippen LogP contribution >= 0.6 is 11.3 Å². The maximum Gasteiger partial charge on any atom is 0.142 e. The van der Waals surface area contributed by atoms with Gasteiger partial charge in [0.15, 0.2) is 0 Å². The summed E-state index contributed by atoms with van der Waals surface area (Å²) in [5, 5.41) is 4.11. The fourth-order valence-electron chi connectivity index (χ4n) is 3.92. The van der Waals surface area contributed by atoms with Crippen molar-refractivity contribution in [1.82, 2.24) is 9.97 Å². The van der Waals surface area contributed by atoms with Gasteiger partial charge in [-0.05, 0) is 50.2 Å². The second-order valence-corrected chi connectivity index (χ2v) is 9.04. The first-order valence-electron chi connectivity index (χ1n) is 10.1. The van der Waals surface area contributed by atoms with Gasteiger partial charge in [-0.15, -0.1) is 11.3 Å². The number of hydrogen-bond donors (Lipinski definition) is 0. The van der Waals surface area contributed by atoms with Crippen LogP contribution in [0.3, 0.4) is 0 Å². The van der Waals surface area contributed by atoms with Crippen LogP contribution in [0.1, 0.15) is 57.2 Å². The van der Waals surface area contributed by atoms with Crippen molar-refractivity contribution in [3.8, 4) is 22.2 Å². The number of fused-ring (bicyclic) bond motifs is 1. The summed E-state index contributed by atoms with van der Waals surface area (Å²) >= 11 is 1.65. The summed E-state index contributed by atoms with van der Waals surface area (Å²) in [6.07, 6.45) is 3.74. The minimum Gasteiger partial charge on any atom is -0.496 e. The van der Waals surface area contributed by atoms with Crippen molar-refractivity contribution in [2.75, 3.05) is 7.11 Å². The minimum absolute atomic E-state index is 0.276. The van der Waals surface area contributed by atoms with E-state index in [2.05, 4.69) is 45.2 Å². The Morgan fingerprint density at radius 3 is 2.61 bits per heavy atom. The van der Waals surface area contributed by atoms with Gasteiger partial charge in [-0.25, -0.2) is 9.97 Å². The molecule has 3 aromatic rings. The highest BCUT2D eigenvalue weighted by atomic mass is 32.1. The number of nitrogens with zero attached hydrogens (tertiary/aromatic N) is 2. The van der Waals surface area contributed by atoms with Crippen LogP contribution in [0.4, 0.5) is 0 Å². The Labute approximate surface area is 170 Å². The topological polar surface area (TPSA) is 44.2 Å². The summed E-state index contributed by atoms with van der Waals surface area (Å²) in [4.78, 5) is 9.78. The fourth-order valence-corrected chi connectivity index (χ4v) is 4.86. The lowest BCUT2D eigenvalue weighted by Gasteiger charge is -2.17. The summed E-state index contributed by atoms with van der Waals surface area (Å²) in [6, 6.07) is 6.14. The molecule has 1 aliphatic carbocycles. The van der Waals surface area contributed by atoms with E-state index in [1.165, 1.54) is 6.42 Å². The molecular formula is C23H28N2O2S. The van der Waals surface area contributed by atoms with Crippen molar-refractivity contribution in [3.05, 3.63) is 34.8 Å². The third-order valence-corrected chi connectivity index (χ3v) is 6.52. The number of hydrogen-bond acceptors (Lipinski definition) is 5. The number of methoxy groups -OCH3 is 1. The van der Waals surface area contributed by atoms with Gasteiger partial charge in [0.25, 0.3) is 0 Å². The molecular weight excluding hydrogens is 368 g/mol. The maximum atomic E-state index is 6.50. The summed E-state index contributed by atoms with van der Waals surface area (Å²) in [6.45, 7) is 8.69. The number of benzene rings is 1. The quantitative estimate of drug-likeness (QED) is 0.503. The fraction of sp³-hybridized carbons (Fsp3) is 0.478. The second-order valence-electron chi connectivity index (χ2n) is 8.18. The van der Waals surface area contributed by atoms with E-state index in [1.807, 2.05) is 6.07 Å². The van der Waals surface area contributed by atoms with Gasteiger partial charge < -0.3 is 9.47 Å². The summed E-state index contributed by atoms with van der Waals surface area (Å²) < 4.78 is 12.0. The molecule has 1 fully saturated rings. The average molecular weight is 397 g/mol. The van der Waals surface area contributed by atoms with Gasteiger partial charge in [-0.1, -0.05) is 20.8 Å². The summed E-state index contributed by atoms with van der Waals surface area (Å²) in [7, 11) is 1.70. The Morgan fingerprint density at radius 1 is 1.14 bits per heavy atom. The van der Waals surface area contributed by atoms with Gasteiger partial charge in [0.2, 0.25) is 0 Å². The van der Waals surface area contributed by atoms with Gasteiger partial charge in [0.1, 0.15) is 22.2 Å². The lowest BCUT2D eigenvalue weighted by molar-refractivity contribution is 0.208. The van der Waals surface area contributed by atoms with Crippen molar-refractivity contribution in [3.63, 3.8) is 0 Å². The van der Waals surface area contributed by atoms with Gasteiger partial charge in [0, 0.05) is 22.4 Å². The van der Waals surface area contributed by atoms with E-state index in [-0.39, 0.29) is 6.10 Å². The van der Waals surface area contributed by atoms with E-state index in [4.69, 9.17) is 19.4 Å². The SMILES string of the molecule is COc1ccc2c(O[C@H]3CC[C@H](C)C3)cc(-c3nc(C(C)C)cs3)nc2c1C. The molecule has 0 N–H and O–H groups in total. The molecule has 2 atom stereocenters. The van der Waals surface area contributed by atoms with Crippen LogP contribution in [-0.2, 0) is 0 Å². The Hall–Kier alpha value is -2.14. The Morgan fingerprint density at radius 2 is 1.96 bits per heavy atom. The number of pyridine rings is 1. The first kappa shape index (κ1) is 19.2. The highest BCUT2D eigenvalue weighted by Gasteiger charge is 2.24. The molecule has 28 heavy (non-hydrogen) atoms. The molecule has 0 unspecified atom stereocenters. The summed E-state index contributed by atoms with van der Waals surface area (Å²) in [5.41, 5.74) is 3.95. The molecule has 1 aliphatic rings. The number of aromatic nitrogens is 2. The van der Waals surface area contributed by atoms with E-state index in [1.54, 1.807) is 18.4 Å². The molecule has 1 saturated carbocycles. The van der Waals surface area contributed by atoms with Crippen molar-refractivity contribution in [2.24, 2.45) is 5.92 Å². The van der Waals surface area contributed by atoms with E-state index >= 15 is 0 Å². The molecule has 148 valence electrons. The molecule has 2 aromatic heterocycles. The third-order valence-electron chi connectivity index (χ3n) is 5.64. The molecule has 1 aromatic carbocycles. The van der Waals surface area contributed by atoms with E-state index < -0.39 is 0 Å². The van der Waals surface area contributed by atoms with Crippen LogP contribution in [0.25, 0.3) is 21.6 Å². The Bertz CT molecular complexity index is 996. The highest BCUT2D eigenvalue weighted by Crippen LogP contribution is 2.38. The number of ether oxygens (including phenoxy) is 2. The van der Waals surface area contributed by atoms with E-state index in [0.29, 0.717) is 5.92 Å². The third kappa shape index (κ3) is 3.60. The van der Waals surface area contributed by atoms with Crippen molar-refractivity contribution >= 4 is 22.2 Å². The zero-order chi connectivity index (χ0) is 19.8. The smallest absolute Gasteiger partial charge is 0.142 e. The molecule has 0 saturated heterocycles. The first-order valence-corrected chi connectivity index (χ1v) is 10.9. The minimum atomic E-state index is 0.276. The molecule has 0 spiro atoms. The van der Waals surface area contributed by atoms with Crippen molar-refractivity contribution in [2.45, 2.75) is 59.0 Å². The zero-order valence-electron chi connectivity index (χ0n) is 17.3. The monoisotopic (exact) mass is 396 g/mol. The molecule has 0 aliphatic heterocycles. The number of rotatable bonds is 5. The molecule has 0 amide bonds. The predicted molar refractivity (Wildman–Crippen MR) is 116 cm³/mol. The van der Waals surface area contributed by atoms with Crippen LogP contribution in [0.5, 0.6) is 11.5 Å². The number of aryl methyl sites for hydroxylation is 1. The van der Waals surface area contributed by atoms with E-state index in [0.717, 1.165) is 63.1 Å². The van der Waals surface area contributed by atoms with Crippen LogP contribution < -0.4 is 9.47 Å². The van der Waals surface area contributed by atoms with E-state index in [9.17, 15) is 0 Å². The van der Waals surface area contributed by atoms with Crippen LogP contribution in [0.15, 0.2) is 23.6 Å². The standard InChI is InChI=1S/C23H28N2O2S/c1-13(2)19-12-28-23(25-19)18-11-21(27-16-7-6-14(3)10-16)17-8-9-20(26-5)15(4)22(17)24-18/h8-9,11-14,16H,6-7,10H2,1-5H3/t14-,16-/m0/s1. The molecule has 4 nitrogen and oxygen atoms in total. The highest BCUT2D eigenvalue weighted by molar-refractivity contribution is 7.13. The summed E-state index contributed by atoms with van der Waals surface area (Å²) in [5.74, 6) is 2.89. The van der Waals surface area contributed by atoms with Crippen molar-refractivity contribution < 1.29 is 9.47 Å². The van der Waals surface area contributed by atoms with Crippen LogP contribution in [-0.4, -0.2) is 23.2 Å². The number of thiazole rings is 1. The molecule has 0 bridgehead atoms. The Balaban J connectivity index is 1.83. The maximum absolute atomic E-state index is 6.50. The Kier molecular flexibility index (Phi) is 5.28. The van der Waals surface area contributed by atoms with Gasteiger partial charge in [-0.3, -0.25) is 0 Å². The normalized spacial score (nSPS) is 19.5. The van der Waals surface area contributed by atoms with Gasteiger partial charge >= 0.3 is 0 Å². The van der Waals surface area contributed by atoms with Crippen LogP contribution in [0, 0.1) is 12.8 Å². The largest absolute Gasteiger partial charge is 0.496 e. The van der Waals surface area contributed by atoms with Gasteiger partial charge in [0.05, 0.1) is 24.4 Å². The second kappa shape index (κ2) is 7.70. The predicted octanol–water partition coefficient (Wildman–Crippen LogP) is 6.37. The van der Waals surface area contributed by atoms with Crippen LogP contribution in [0.2, 0.25) is 0 Å². The lowest BCUT2D eigenvalue weighted by atomic mass is 10.1. The molecule has 2 heterocycles. The molecule has 5 heteroatoms. The van der Waals surface area contributed by atoms with Gasteiger partial charge in [-0.2, -0.15) is 0 Å². The first-order chi connectivity index (χ1) is 13.5. The zero-order valence-corrected chi connectivity index (χ0v) is 18.1. The average Bonchev–Trinajstić information content (AvgIpc) is 3.32. The molecule has 4 rings (SSSR count). The molecule has 0 radical (unpaired) electrons. The lowest BCUT2D eigenvalue weighted by Crippen LogP contribution is -2.12. The van der Waals surface area contributed by atoms with Crippen molar-refractivity contribution in [1.29, 1.82) is 0 Å².